The predicted molar refractivity (Wildman–Crippen MR) is 98.5 cm³/mol. The van der Waals surface area contributed by atoms with E-state index in [9.17, 15) is 18.4 Å². The van der Waals surface area contributed by atoms with Crippen LogP contribution in [0, 0.1) is 29.2 Å². The summed E-state index contributed by atoms with van der Waals surface area (Å²) in [6.07, 6.45) is -0.197. The van der Waals surface area contributed by atoms with E-state index in [1.807, 2.05) is 0 Å². The molecule has 3 aromatic rings. The van der Waals surface area contributed by atoms with Crippen LogP contribution in [0.4, 0.5) is 8.78 Å². The van der Waals surface area contributed by atoms with Gasteiger partial charge in [0.1, 0.15) is 11.9 Å². The predicted octanol–water partition coefficient (Wildman–Crippen LogP) is 3.47. The van der Waals surface area contributed by atoms with E-state index in [2.05, 4.69) is 10.3 Å². The van der Waals surface area contributed by atoms with Gasteiger partial charge in [0.15, 0.2) is 5.13 Å². The zero-order valence-corrected chi connectivity index (χ0v) is 15.3. The summed E-state index contributed by atoms with van der Waals surface area (Å²) in [6, 6.07) is 6.65. The number of carbonyl (C=O) groups is 1. The van der Waals surface area contributed by atoms with Crippen LogP contribution in [-0.2, 0) is 11.2 Å². The lowest BCUT2D eigenvalue weighted by molar-refractivity contribution is -0.121. The van der Waals surface area contributed by atoms with Crippen LogP contribution < -0.4 is 10.9 Å². The number of halogens is 2. The van der Waals surface area contributed by atoms with Crippen molar-refractivity contribution in [2.24, 2.45) is 0 Å². The maximum atomic E-state index is 13.5. The lowest BCUT2D eigenvalue weighted by Crippen LogP contribution is -2.30. The maximum Gasteiger partial charge on any atom is 0.252 e. The van der Waals surface area contributed by atoms with Gasteiger partial charge in [-0.05, 0) is 43.7 Å². The van der Waals surface area contributed by atoms with Gasteiger partial charge in [0.25, 0.3) is 5.56 Å². The number of aromatic amines is 1. The van der Waals surface area contributed by atoms with E-state index in [1.165, 1.54) is 24.3 Å². The van der Waals surface area contributed by atoms with Crippen LogP contribution in [0.25, 0.3) is 10.9 Å². The van der Waals surface area contributed by atoms with Gasteiger partial charge in [-0.3, -0.25) is 9.59 Å². The summed E-state index contributed by atoms with van der Waals surface area (Å²) in [4.78, 5) is 27.8. The highest BCUT2D eigenvalue weighted by atomic mass is 32.1. The van der Waals surface area contributed by atoms with Gasteiger partial charge in [-0.25, -0.2) is 4.39 Å². The molecule has 0 spiro atoms. The van der Waals surface area contributed by atoms with Crippen molar-refractivity contribution in [1.29, 1.82) is 5.26 Å². The zero-order valence-electron chi connectivity index (χ0n) is 14.5. The number of fused-ring (bicyclic) bond motifs is 1. The van der Waals surface area contributed by atoms with Gasteiger partial charge in [0.2, 0.25) is 5.91 Å². The summed E-state index contributed by atoms with van der Waals surface area (Å²) in [5, 5.41) is 11.4. The van der Waals surface area contributed by atoms with Crippen molar-refractivity contribution < 1.29 is 13.6 Å². The van der Waals surface area contributed by atoms with E-state index in [-0.39, 0.29) is 17.5 Å². The topological polar surface area (TPSA) is 85.8 Å². The normalized spacial score (nSPS) is 12.0. The van der Waals surface area contributed by atoms with Crippen molar-refractivity contribution in [2.75, 3.05) is 0 Å². The van der Waals surface area contributed by atoms with Crippen molar-refractivity contribution in [3.05, 3.63) is 67.1 Å². The lowest BCUT2D eigenvalue weighted by atomic mass is 10.0. The number of rotatable bonds is 4. The van der Waals surface area contributed by atoms with Gasteiger partial charge >= 0.3 is 0 Å². The molecule has 0 aliphatic carbocycles. The zero-order chi connectivity index (χ0) is 19.7. The first-order valence-corrected chi connectivity index (χ1v) is 8.91. The second-order valence-electron chi connectivity index (χ2n) is 6.16. The first-order chi connectivity index (χ1) is 12.8. The first kappa shape index (κ1) is 18.7. The van der Waals surface area contributed by atoms with Gasteiger partial charge in [-0.2, -0.15) is 9.65 Å². The van der Waals surface area contributed by atoms with E-state index in [1.54, 1.807) is 19.9 Å². The first-order valence-electron chi connectivity index (χ1n) is 8.10. The van der Waals surface area contributed by atoms with Gasteiger partial charge in [0, 0.05) is 21.3 Å². The second-order valence-corrected chi connectivity index (χ2v) is 7.20. The third-order valence-corrected chi connectivity index (χ3v) is 5.43. The Morgan fingerprint density at radius 2 is 2.11 bits per heavy atom. The number of amides is 1. The molecule has 0 aliphatic heterocycles. The molecule has 8 heteroatoms. The van der Waals surface area contributed by atoms with Crippen LogP contribution in [0.5, 0.6) is 0 Å². The number of nitrogens with zero attached hydrogens (tertiary/aromatic N) is 1. The second kappa shape index (κ2) is 7.29. The summed E-state index contributed by atoms with van der Waals surface area (Å²) >= 11 is 0.792. The van der Waals surface area contributed by atoms with Gasteiger partial charge in [0.05, 0.1) is 18.0 Å². The molecular weight excluding hydrogens is 372 g/mol. The van der Waals surface area contributed by atoms with E-state index < -0.39 is 28.5 Å². The number of carbonyl (C=O) groups excluding carboxylic acids is 1. The Morgan fingerprint density at radius 3 is 2.78 bits per heavy atom. The number of H-pyrrole nitrogens is 1. The van der Waals surface area contributed by atoms with Crippen LogP contribution >= 0.6 is 11.3 Å². The number of thiophene rings is 1. The standard InChI is InChI=1S/C19H15F2N3O2S/c1-9-13-6-12(20)3-4-15(13)24-19(26)14(9)7-17(25)23-10(2)16-5-11(8-22)18(21)27-16/h3-6,10H,7H2,1-2H3,(H,23,25)(H,24,26)/t10-/m0/s1. The molecule has 0 aliphatic rings. The molecule has 138 valence electrons. The number of hydrogen-bond acceptors (Lipinski definition) is 4. The van der Waals surface area contributed by atoms with Crippen molar-refractivity contribution in [2.45, 2.75) is 26.3 Å². The molecule has 0 radical (unpaired) electrons. The average Bonchev–Trinajstić information content (AvgIpc) is 3.00. The largest absolute Gasteiger partial charge is 0.348 e. The van der Waals surface area contributed by atoms with Crippen LogP contribution in [0.15, 0.2) is 29.1 Å². The number of nitriles is 1. The quantitative estimate of drug-likeness (QED) is 0.719. The molecule has 2 N–H and O–H groups in total. The van der Waals surface area contributed by atoms with E-state index in [0.717, 1.165) is 11.3 Å². The molecule has 0 saturated carbocycles. The summed E-state index contributed by atoms with van der Waals surface area (Å²) in [7, 11) is 0. The van der Waals surface area contributed by atoms with Crippen molar-refractivity contribution in [1.82, 2.24) is 10.3 Å². The molecule has 0 fully saturated rings. The molecule has 0 unspecified atom stereocenters. The summed E-state index contributed by atoms with van der Waals surface area (Å²) in [6.45, 7) is 3.33. The highest BCUT2D eigenvalue weighted by Gasteiger charge is 2.18. The van der Waals surface area contributed by atoms with Crippen LogP contribution in [0.2, 0.25) is 0 Å². The minimum atomic E-state index is -0.600. The van der Waals surface area contributed by atoms with Gasteiger partial charge in [-0.1, -0.05) is 0 Å². The number of pyridine rings is 1. The molecule has 5 nitrogen and oxygen atoms in total. The van der Waals surface area contributed by atoms with E-state index >= 15 is 0 Å². The third-order valence-electron chi connectivity index (χ3n) is 4.33. The molecule has 2 heterocycles. The van der Waals surface area contributed by atoms with Crippen molar-refractivity contribution >= 4 is 28.1 Å². The number of aryl methyl sites for hydroxylation is 1. The smallest absolute Gasteiger partial charge is 0.252 e. The summed E-state index contributed by atoms with van der Waals surface area (Å²) in [5.74, 6) is -0.867. The molecule has 3 rings (SSSR count). The Bertz CT molecular complexity index is 1140. The Morgan fingerprint density at radius 1 is 1.37 bits per heavy atom. The fourth-order valence-corrected chi connectivity index (χ4v) is 3.71. The van der Waals surface area contributed by atoms with Crippen molar-refractivity contribution in [3.8, 4) is 6.07 Å². The average molecular weight is 387 g/mol. The molecule has 0 bridgehead atoms. The van der Waals surface area contributed by atoms with Crippen LogP contribution in [-0.4, -0.2) is 10.9 Å². The van der Waals surface area contributed by atoms with Gasteiger partial charge in [-0.15, -0.1) is 11.3 Å². The number of benzene rings is 1. The van der Waals surface area contributed by atoms with Crippen LogP contribution in [0.3, 0.4) is 0 Å². The molecule has 1 atom stereocenters. The fourth-order valence-electron chi connectivity index (χ4n) is 2.88. The fraction of sp³-hybridized carbons (Fsp3) is 0.211. The highest BCUT2D eigenvalue weighted by Crippen LogP contribution is 2.26. The van der Waals surface area contributed by atoms with Gasteiger partial charge < -0.3 is 10.3 Å². The number of aromatic nitrogens is 1. The molecule has 2 aromatic heterocycles. The minimum absolute atomic E-state index is 0.0695. The van der Waals surface area contributed by atoms with Crippen molar-refractivity contribution in [3.63, 3.8) is 0 Å². The number of nitrogens with one attached hydrogen (secondary N) is 2. The molecule has 0 saturated heterocycles. The Kier molecular flexibility index (Phi) is 5.06. The van der Waals surface area contributed by atoms with E-state index in [4.69, 9.17) is 5.26 Å². The SMILES string of the molecule is Cc1c(CC(=O)N[C@@H](C)c2cc(C#N)c(F)s2)c(=O)[nH]c2ccc(F)cc12. The molecule has 27 heavy (non-hydrogen) atoms. The Labute approximate surface area is 157 Å². The number of hydrogen-bond donors (Lipinski definition) is 2. The molecule has 1 amide bonds. The summed E-state index contributed by atoms with van der Waals surface area (Å²) in [5.41, 5.74) is 0.788. The van der Waals surface area contributed by atoms with Crippen LogP contribution in [0.1, 0.15) is 34.5 Å². The van der Waals surface area contributed by atoms with E-state index in [0.29, 0.717) is 21.3 Å². The Hall–Kier alpha value is -3.05. The molecular formula is C19H15F2N3O2S. The Balaban J connectivity index is 1.83. The highest BCUT2D eigenvalue weighted by molar-refractivity contribution is 7.10. The summed E-state index contributed by atoms with van der Waals surface area (Å²) < 4.78 is 27.1. The molecule has 1 aromatic carbocycles. The minimum Gasteiger partial charge on any atom is -0.348 e. The lowest BCUT2D eigenvalue weighted by Gasteiger charge is -2.13. The maximum absolute atomic E-state index is 13.5. The third kappa shape index (κ3) is 3.73. The monoisotopic (exact) mass is 387 g/mol.